The van der Waals surface area contributed by atoms with Crippen LogP contribution in [0.1, 0.15) is 363 Å². The number of esters is 4. The van der Waals surface area contributed by atoms with Crippen LogP contribution in [0.5, 0.6) is 0 Å². The van der Waals surface area contributed by atoms with Gasteiger partial charge in [-0.3, -0.25) is 37.3 Å². The number of rotatable bonds is 70. The van der Waals surface area contributed by atoms with E-state index < -0.39 is 97.5 Å². The summed E-state index contributed by atoms with van der Waals surface area (Å²) < 4.78 is 68.3. The smallest absolute Gasteiger partial charge is 0.462 e. The predicted molar refractivity (Wildman–Crippen MR) is 363 cm³/mol. The fourth-order valence-corrected chi connectivity index (χ4v) is 12.3. The fourth-order valence-electron chi connectivity index (χ4n) is 10.8. The summed E-state index contributed by atoms with van der Waals surface area (Å²) in [5.41, 5.74) is 0. The Labute approximate surface area is 549 Å². The Morgan fingerprint density at radius 2 is 0.511 bits per heavy atom. The van der Waals surface area contributed by atoms with Gasteiger partial charge in [0.1, 0.15) is 19.3 Å². The first-order chi connectivity index (χ1) is 43.4. The van der Waals surface area contributed by atoms with Gasteiger partial charge < -0.3 is 33.8 Å². The number of carbonyl (C=O) groups excluding carboxylic acids is 4. The molecule has 90 heavy (non-hydrogen) atoms. The molecule has 0 saturated heterocycles. The Kier molecular flexibility index (Phi) is 61.8. The standard InChI is InChI=1S/C71H138O17P2/c1-7-9-11-13-15-17-19-21-22-23-24-25-26-28-30-35-43-49-55-70(75)87-66(59-81-68(73)53-47-41-34-29-27-20-18-16-14-12-10-8-2)61-85-89(77,78)83-57-65(72)58-84-90(79,80)86-62-67(60-82-69(74)54-48-42-38-37-40-46-52-64(5)6)88-71(76)56-50-44-36-32-31-33-39-45-51-63(3)4/h63-67,72H,7-62H2,1-6H3,(H,77,78)(H,79,80)/t65-,66-,67-/m1/s1. The van der Waals surface area contributed by atoms with Gasteiger partial charge in [-0.05, 0) is 37.5 Å². The average molecular weight is 1330 g/mol. The van der Waals surface area contributed by atoms with Crippen LogP contribution in [0, 0.1) is 11.8 Å². The van der Waals surface area contributed by atoms with Crippen molar-refractivity contribution >= 4 is 39.5 Å². The minimum Gasteiger partial charge on any atom is -0.462 e. The fraction of sp³-hybridized carbons (Fsp3) is 0.944. The Balaban J connectivity index is 5.21. The number of ether oxygens (including phenoxy) is 4. The van der Waals surface area contributed by atoms with Gasteiger partial charge in [-0.1, -0.05) is 311 Å². The normalized spacial score (nSPS) is 14.1. The highest BCUT2D eigenvalue weighted by Crippen LogP contribution is 2.45. The summed E-state index contributed by atoms with van der Waals surface area (Å²) in [6.07, 6.45) is 48.8. The number of unbranched alkanes of at least 4 members (excludes halogenated alkanes) is 40. The molecule has 2 unspecified atom stereocenters. The predicted octanol–water partition coefficient (Wildman–Crippen LogP) is 20.4. The highest BCUT2D eigenvalue weighted by atomic mass is 31.2. The summed E-state index contributed by atoms with van der Waals surface area (Å²) >= 11 is 0. The van der Waals surface area contributed by atoms with E-state index in [2.05, 4.69) is 41.5 Å². The third-order valence-corrected chi connectivity index (χ3v) is 18.4. The van der Waals surface area contributed by atoms with E-state index >= 15 is 0 Å². The first kappa shape index (κ1) is 88.1. The second kappa shape index (κ2) is 63.1. The lowest BCUT2D eigenvalue weighted by molar-refractivity contribution is -0.161. The van der Waals surface area contributed by atoms with E-state index in [0.29, 0.717) is 31.6 Å². The van der Waals surface area contributed by atoms with E-state index in [1.165, 1.54) is 173 Å². The van der Waals surface area contributed by atoms with Crippen LogP contribution in [-0.2, 0) is 65.4 Å². The van der Waals surface area contributed by atoms with Gasteiger partial charge >= 0.3 is 39.5 Å². The lowest BCUT2D eigenvalue weighted by atomic mass is 10.0. The molecule has 0 rings (SSSR count). The maximum atomic E-state index is 13.0. The number of hydrogen-bond acceptors (Lipinski definition) is 15. The molecule has 5 atom stereocenters. The lowest BCUT2D eigenvalue weighted by Gasteiger charge is -2.21. The van der Waals surface area contributed by atoms with Crippen LogP contribution >= 0.6 is 15.6 Å². The van der Waals surface area contributed by atoms with Crippen molar-refractivity contribution in [3.8, 4) is 0 Å². The van der Waals surface area contributed by atoms with Crippen molar-refractivity contribution in [1.82, 2.24) is 0 Å². The summed E-state index contributed by atoms with van der Waals surface area (Å²) in [4.78, 5) is 72.5. The summed E-state index contributed by atoms with van der Waals surface area (Å²) in [6, 6.07) is 0. The van der Waals surface area contributed by atoms with Crippen molar-refractivity contribution in [2.75, 3.05) is 39.6 Å². The maximum Gasteiger partial charge on any atom is 0.472 e. The zero-order chi connectivity index (χ0) is 66.5. The molecule has 0 aromatic rings. The molecule has 0 heterocycles. The third-order valence-electron chi connectivity index (χ3n) is 16.5. The zero-order valence-corrected chi connectivity index (χ0v) is 60.2. The molecule has 19 heteroatoms. The molecule has 0 spiro atoms. The number of aliphatic hydroxyl groups is 1. The van der Waals surface area contributed by atoms with Gasteiger partial charge in [-0.2, -0.15) is 0 Å². The Morgan fingerprint density at radius 1 is 0.300 bits per heavy atom. The van der Waals surface area contributed by atoms with Crippen molar-refractivity contribution in [3.63, 3.8) is 0 Å². The van der Waals surface area contributed by atoms with Crippen LogP contribution in [0.2, 0.25) is 0 Å². The Hall–Kier alpha value is -1.94. The molecule has 0 amide bonds. The summed E-state index contributed by atoms with van der Waals surface area (Å²) in [5, 5.41) is 10.6. The number of phosphoric ester groups is 2. The van der Waals surface area contributed by atoms with Gasteiger partial charge in [0.15, 0.2) is 12.2 Å². The van der Waals surface area contributed by atoms with E-state index in [1.807, 2.05) is 0 Å². The van der Waals surface area contributed by atoms with E-state index in [9.17, 15) is 43.2 Å². The van der Waals surface area contributed by atoms with Crippen molar-refractivity contribution < 1.29 is 80.2 Å². The van der Waals surface area contributed by atoms with E-state index in [-0.39, 0.29) is 25.7 Å². The van der Waals surface area contributed by atoms with Gasteiger partial charge in [0.2, 0.25) is 0 Å². The first-order valence-corrected chi connectivity index (χ1v) is 40.0. The number of aliphatic hydroxyl groups excluding tert-OH is 1. The highest BCUT2D eigenvalue weighted by molar-refractivity contribution is 7.47. The van der Waals surface area contributed by atoms with Crippen LogP contribution in [-0.4, -0.2) is 96.7 Å². The van der Waals surface area contributed by atoms with Crippen LogP contribution in [0.4, 0.5) is 0 Å². The third kappa shape index (κ3) is 64.8. The molecule has 534 valence electrons. The molecule has 3 N–H and O–H groups in total. The molecule has 0 aliphatic carbocycles. The van der Waals surface area contributed by atoms with Gasteiger partial charge in [-0.15, -0.1) is 0 Å². The van der Waals surface area contributed by atoms with Gasteiger partial charge in [-0.25, -0.2) is 9.13 Å². The second-order valence-corrected chi connectivity index (χ2v) is 29.5. The minimum atomic E-state index is -4.95. The molecule has 0 aliphatic heterocycles. The van der Waals surface area contributed by atoms with Crippen LogP contribution in [0.15, 0.2) is 0 Å². The van der Waals surface area contributed by atoms with E-state index in [0.717, 1.165) is 102 Å². The average Bonchev–Trinajstić information content (AvgIpc) is 3.54. The van der Waals surface area contributed by atoms with Crippen molar-refractivity contribution in [2.24, 2.45) is 11.8 Å². The topological polar surface area (TPSA) is 237 Å². The molecule has 0 aliphatic rings. The van der Waals surface area contributed by atoms with Crippen LogP contribution in [0.25, 0.3) is 0 Å². The van der Waals surface area contributed by atoms with Crippen molar-refractivity contribution in [3.05, 3.63) is 0 Å². The molecule has 0 fully saturated rings. The first-order valence-electron chi connectivity index (χ1n) is 37.0. The Bertz CT molecular complexity index is 1750. The molecule has 0 aromatic carbocycles. The SMILES string of the molecule is CCCCCCCCCCCCCCCCCCCCC(=O)O[C@H](COC(=O)CCCCCCCCCCCCCC)COP(=O)(O)OC[C@@H](O)COP(=O)(O)OC[C@@H](COC(=O)CCCCCCCCC(C)C)OC(=O)CCCCCCCCCCC(C)C. The number of carbonyl (C=O) groups is 4. The highest BCUT2D eigenvalue weighted by Gasteiger charge is 2.30. The maximum absolute atomic E-state index is 13.0. The molecule has 0 saturated carbocycles. The minimum absolute atomic E-state index is 0.104. The van der Waals surface area contributed by atoms with Gasteiger partial charge in [0.25, 0.3) is 0 Å². The largest absolute Gasteiger partial charge is 0.472 e. The second-order valence-electron chi connectivity index (χ2n) is 26.6. The summed E-state index contributed by atoms with van der Waals surface area (Å²) in [6.45, 7) is 9.43. The van der Waals surface area contributed by atoms with Crippen molar-refractivity contribution in [2.45, 2.75) is 381 Å². The zero-order valence-electron chi connectivity index (χ0n) is 58.4. The molecule has 0 radical (unpaired) electrons. The summed E-state index contributed by atoms with van der Waals surface area (Å²) in [5.74, 6) is -0.728. The summed E-state index contributed by atoms with van der Waals surface area (Å²) in [7, 11) is -9.90. The van der Waals surface area contributed by atoms with Gasteiger partial charge in [0.05, 0.1) is 26.4 Å². The van der Waals surface area contributed by atoms with Crippen LogP contribution < -0.4 is 0 Å². The number of phosphoric acid groups is 2. The lowest BCUT2D eigenvalue weighted by Crippen LogP contribution is -2.30. The van der Waals surface area contributed by atoms with Crippen molar-refractivity contribution in [1.29, 1.82) is 0 Å². The van der Waals surface area contributed by atoms with E-state index in [1.54, 1.807) is 0 Å². The monoisotopic (exact) mass is 1320 g/mol. The number of hydrogen-bond donors (Lipinski definition) is 3. The molecular weight excluding hydrogens is 1190 g/mol. The van der Waals surface area contributed by atoms with Gasteiger partial charge in [0, 0.05) is 25.7 Å². The molecule has 0 aromatic heterocycles. The quantitative estimate of drug-likeness (QED) is 0.0222. The van der Waals surface area contributed by atoms with Crippen LogP contribution in [0.3, 0.4) is 0 Å². The Morgan fingerprint density at radius 3 is 0.756 bits per heavy atom. The molecule has 0 bridgehead atoms. The molecular formula is C71H138O17P2. The van der Waals surface area contributed by atoms with E-state index in [4.69, 9.17) is 37.0 Å². The molecule has 17 nitrogen and oxygen atoms in total.